The summed E-state index contributed by atoms with van der Waals surface area (Å²) in [5, 5.41) is 0. The smallest absolute Gasteiger partial charge is 0.138 e. The fourth-order valence-electron chi connectivity index (χ4n) is 2.83. The largest absolute Gasteiger partial charge is 0.497 e. The average molecular weight is 315 g/mol. The summed E-state index contributed by atoms with van der Waals surface area (Å²) >= 11 is 0. The number of aromatic nitrogens is 3. The summed E-state index contributed by atoms with van der Waals surface area (Å²) in [6.45, 7) is 2.07. The standard InChI is InChI=1S/C20H17N3O/c1-13-4-3-11-21-19(13)14-5-7-15(8-6-14)20-22-17-10-9-16(24-2)12-18(17)23-20/h3-12H,1-2H3,(H,22,23). The van der Waals surface area contributed by atoms with Crippen LogP contribution in [0.25, 0.3) is 33.7 Å². The van der Waals surface area contributed by atoms with Gasteiger partial charge in [-0.3, -0.25) is 4.98 Å². The second-order valence-corrected chi connectivity index (χ2v) is 5.71. The molecular weight excluding hydrogens is 298 g/mol. The van der Waals surface area contributed by atoms with Gasteiger partial charge in [-0.15, -0.1) is 0 Å². The number of methoxy groups -OCH3 is 1. The molecule has 0 aliphatic carbocycles. The van der Waals surface area contributed by atoms with Gasteiger partial charge in [0.2, 0.25) is 0 Å². The van der Waals surface area contributed by atoms with Crippen LogP contribution < -0.4 is 4.74 Å². The maximum Gasteiger partial charge on any atom is 0.138 e. The summed E-state index contributed by atoms with van der Waals surface area (Å²) in [6, 6.07) is 18.2. The van der Waals surface area contributed by atoms with Crippen LogP contribution in [0.2, 0.25) is 0 Å². The third kappa shape index (κ3) is 2.52. The monoisotopic (exact) mass is 315 g/mol. The Morgan fingerprint density at radius 1 is 0.958 bits per heavy atom. The molecule has 2 aromatic carbocycles. The van der Waals surface area contributed by atoms with Gasteiger partial charge in [-0.25, -0.2) is 4.98 Å². The third-order valence-electron chi connectivity index (χ3n) is 4.13. The highest BCUT2D eigenvalue weighted by Crippen LogP contribution is 2.26. The summed E-state index contributed by atoms with van der Waals surface area (Å²) < 4.78 is 5.26. The maximum atomic E-state index is 5.26. The van der Waals surface area contributed by atoms with E-state index in [1.165, 1.54) is 5.56 Å². The Kier molecular flexibility index (Phi) is 3.50. The molecule has 0 aliphatic heterocycles. The molecule has 24 heavy (non-hydrogen) atoms. The van der Waals surface area contributed by atoms with Gasteiger partial charge in [-0.05, 0) is 30.7 Å². The third-order valence-corrected chi connectivity index (χ3v) is 4.13. The van der Waals surface area contributed by atoms with Gasteiger partial charge in [0, 0.05) is 23.4 Å². The highest BCUT2D eigenvalue weighted by molar-refractivity contribution is 5.81. The van der Waals surface area contributed by atoms with Gasteiger partial charge in [0.25, 0.3) is 0 Å². The van der Waals surface area contributed by atoms with Gasteiger partial charge in [-0.2, -0.15) is 0 Å². The van der Waals surface area contributed by atoms with Gasteiger partial charge < -0.3 is 9.72 Å². The van der Waals surface area contributed by atoms with Crippen molar-refractivity contribution in [2.45, 2.75) is 6.92 Å². The lowest BCUT2D eigenvalue weighted by molar-refractivity contribution is 0.415. The number of nitrogens with one attached hydrogen (secondary N) is 1. The number of fused-ring (bicyclic) bond motifs is 1. The molecule has 4 heteroatoms. The molecule has 118 valence electrons. The molecule has 4 aromatic rings. The van der Waals surface area contributed by atoms with Crippen LogP contribution in [0.3, 0.4) is 0 Å². The van der Waals surface area contributed by atoms with Crippen molar-refractivity contribution in [2.24, 2.45) is 0 Å². The zero-order valence-electron chi connectivity index (χ0n) is 13.6. The number of ether oxygens (including phenoxy) is 1. The van der Waals surface area contributed by atoms with Crippen LogP contribution in [-0.4, -0.2) is 22.1 Å². The van der Waals surface area contributed by atoms with E-state index in [9.17, 15) is 0 Å². The van der Waals surface area contributed by atoms with Crippen molar-refractivity contribution >= 4 is 11.0 Å². The first kappa shape index (κ1) is 14.5. The normalized spacial score (nSPS) is 10.9. The number of aromatic amines is 1. The molecule has 0 atom stereocenters. The molecule has 2 heterocycles. The molecule has 2 aromatic heterocycles. The first-order valence-corrected chi connectivity index (χ1v) is 7.81. The fraction of sp³-hybridized carbons (Fsp3) is 0.100. The number of pyridine rings is 1. The van der Waals surface area contributed by atoms with Crippen LogP contribution in [0.15, 0.2) is 60.8 Å². The molecule has 0 bridgehead atoms. The van der Waals surface area contributed by atoms with Crippen molar-refractivity contribution in [3.63, 3.8) is 0 Å². The number of aryl methyl sites for hydroxylation is 1. The van der Waals surface area contributed by atoms with Crippen LogP contribution >= 0.6 is 0 Å². The Bertz CT molecular complexity index is 1000. The van der Waals surface area contributed by atoms with Crippen molar-refractivity contribution in [1.29, 1.82) is 0 Å². The lowest BCUT2D eigenvalue weighted by Crippen LogP contribution is -1.87. The fourth-order valence-corrected chi connectivity index (χ4v) is 2.83. The Balaban J connectivity index is 1.71. The van der Waals surface area contributed by atoms with E-state index in [4.69, 9.17) is 4.74 Å². The van der Waals surface area contributed by atoms with E-state index < -0.39 is 0 Å². The first-order chi connectivity index (χ1) is 11.7. The first-order valence-electron chi connectivity index (χ1n) is 7.81. The van der Waals surface area contributed by atoms with E-state index in [2.05, 4.69) is 52.2 Å². The van der Waals surface area contributed by atoms with Crippen LogP contribution in [0.4, 0.5) is 0 Å². The molecule has 0 saturated heterocycles. The Hall–Kier alpha value is -3.14. The van der Waals surface area contributed by atoms with Crippen molar-refractivity contribution in [3.05, 3.63) is 66.4 Å². The second-order valence-electron chi connectivity index (χ2n) is 5.71. The van der Waals surface area contributed by atoms with E-state index in [0.717, 1.165) is 39.4 Å². The van der Waals surface area contributed by atoms with Crippen LogP contribution in [0, 0.1) is 6.92 Å². The van der Waals surface area contributed by atoms with E-state index in [-0.39, 0.29) is 0 Å². The summed E-state index contributed by atoms with van der Waals surface area (Å²) in [7, 11) is 1.66. The number of rotatable bonds is 3. The average Bonchev–Trinajstić information content (AvgIpc) is 3.05. The molecule has 4 nitrogen and oxygen atoms in total. The summed E-state index contributed by atoms with van der Waals surface area (Å²) in [5.74, 6) is 1.67. The number of H-pyrrole nitrogens is 1. The number of imidazole rings is 1. The second kappa shape index (κ2) is 5.81. The minimum Gasteiger partial charge on any atom is -0.497 e. The summed E-state index contributed by atoms with van der Waals surface area (Å²) in [6.07, 6.45) is 1.82. The van der Waals surface area contributed by atoms with Crippen LogP contribution in [0.1, 0.15) is 5.56 Å². The minimum absolute atomic E-state index is 0.818. The Labute approximate surface area is 140 Å². The predicted octanol–water partition coefficient (Wildman–Crippen LogP) is 4.61. The summed E-state index contributed by atoms with van der Waals surface area (Å²) in [5.41, 5.74) is 6.22. The molecule has 0 unspecified atom stereocenters. The molecule has 0 saturated carbocycles. The molecule has 0 amide bonds. The number of nitrogens with zero attached hydrogens (tertiary/aromatic N) is 2. The van der Waals surface area contributed by atoms with Gasteiger partial charge in [0.15, 0.2) is 0 Å². The highest BCUT2D eigenvalue weighted by atomic mass is 16.5. The van der Waals surface area contributed by atoms with E-state index in [0.29, 0.717) is 0 Å². The molecule has 0 fully saturated rings. The topological polar surface area (TPSA) is 50.8 Å². The lowest BCUT2D eigenvalue weighted by atomic mass is 10.0. The maximum absolute atomic E-state index is 5.26. The van der Waals surface area contributed by atoms with Crippen molar-refractivity contribution in [3.8, 4) is 28.4 Å². The number of benzene rings is 2. The quantitative estimate of drug-likeness (QED) is 0.600. The van der Waals surface area contributed by atoms with Gasteiger partial charge in [-0.1, -0.05) is 30.3 Å². The Morgan fingerprint density at radius 3 is 2.50 bits per heavy atom. The molecule has 1 N–H and O–H groups in total. The number of hydrogen-bond donors (Lipinski definition) is 1. The van der Waals surface area contributed by atoms with Gasteiger partial charge >= 0.3 is 0 Å². The molecule has 0 spiro atoms. The van der Waals surface area contributed by atoms with E-state index in [1.807, 2.05) is 30.5 Å². The van der Waals surface area contributed by atoms with Crippen molar-refractivity contribution in [1.82, 2.24) is 15.0 Å². The molecular formula is C20H17N3O. The highest BCUT2D eigenvalue weighted by Gasteiger charge is 2.08. The molecule has 0 aliphatic rings. The predicted molar refractivity (Wildman–Crippen MR) is 96.0 cm³/mol. The van der Waals surface area contributed by atoms with Gasteiger partial charge in [0.1, 0.15) is 11.6 Å². The van der Waals surface area contributed by atoms with Crippen LogP contribution in [-0.2, 0) is 0 Å². The van der Waals surface area contributed by atoms with Crippen LogP contribution in [0.5, 0.6) is 5.75 Å². The summed E-state index contributed by atoms with van der Waals surface area (Å²) in [4.78, 5) is 12.5. The minimum atomic E-state index is 0.818. The van der Waals surface area contributed by atoms with E-state index in [1.54, 1.807) is 7.11 Å². The SMILES string of the molecule is COc1ccc2nc(-c3ccc(-c4ncccc4C)cc3)[nH]c2c1. The van der Waals surface area contributed by atoms with Crippen molar-refractivity contribution in [2.75, 3.05) is 7.11 Å². The van der Waals surface area contributed by atoms with Crippen molar-refractivity contribution < 1.29 is 4.74 Å². The Morgan fingerprint density at radius 2 is 1.75 bits per heavy atom. The zero-order chi connectivity index (χ0) is 16.5. The molecule has 4 rings (SSSR count). The lowest BCUT2D eigenvalue weighted by Gasteiger charge is -2.05. The van der Waals surface area contributed by atoms with Gasteiger partial charge in [0.05, 0.1) is 23.8 Å². The number of hydrogen-bond acceptors (Lipinski definition) is 3. The zero-order valence-corrected chi connectivity index (χ0v) is 13.6. The van der Waals surface area contributed by atoms with E-state index >= 15 is 0 Å². The molecule has 0 radical (unpaired) electrons.